The molecule has 22 heavy (non-hydrogen) atoms. The van der Waals surface area contributed by atoms with Gasteiger partial charge in [0.05, 0.1) is 11.7 Å². The third-order valence-corrected chi connectivity index (χ3v) is 4.42. The highest BCUT2D eigenvalue weighted by Crippen LogP contribution is 2.25. The molecule has 1 aliphatic rings. The van der Waals surface area contributed by atoms with Gasteiger partial charge in [0.25, 0.3) is 5.91 Å². The molecule has 0 radical (unpaired) electrons. The second-order valence-electron chi connectivity index (χ2n) is 5.84. The Balaban J connectivity index is 1.81. The Labute approximate surface area is 130 Å². The van der Waals surface area contributed by atoms with E-state index in [1.807, 2.05) is 31.1 Å². The smallest absolute Gasteiger partial charge is 0.259 e. The first-order chi connectivity index (χ1) is 10.6. The molecular weight excluding hydrogens is 280 g/mol. The van der Waals surface area contributed by atoms with Crippen molar-refractivity contribution in [3.63, 3.8) is 0 Å². The van der Waals surface area contributed by atoms with Gasteiger partial charge in [-0.2, -0.15) is 0 Å². The van der Waals surface area contributed by atoms with Crippen molar-refractivity contribution in [3.05, 3.63) is 35.2 Å². The zero-order chi connectivity index (χ0) is 15.7. The fourth-order valence-corrected chi connectivity index (χ4v) is 3.23. The SMILES string of the molecule is CCc1noc(C)c1C(=O)N1CCC[C@@H](n2ccnc2C)C1. The summed E-state index contributed by atoms with van der Waals surface area (Å²) in [6.07, 6.45) is 6.59. The van der Waals surface area contributed by atoms with Gasteiger partial charge in [-0.25, -0.2) is 4.98 Å². The number of nitrogens with zero attached hydrogens (tertiary/aromatic N) is 4. The van der Waals surface area contributed by atoms with Crippen LogP contribution in [0.3, 0.4) is 0 Å². The Morgan fingerprint density at radius 1 is 1.45 bits per heavy atom. The van der Waals surface area contributed by atoms with Crippen LogP contribution in [-0.2, 0) is 6.42 Å². The van der Waals surface area contributed by atoms with E-state index in [0.717, 1.165) is 30.9 Å². The third kappa shape index (κ3) is 2.53. The molecule has 1 aliphatic heterocycles. The molecule has 1 amide bonds. The lowest BCUT2D eigenvalue weighted by molar-refractivity contribution is 0.0675. The summed E-state index contributed by atoms with van der Waals surface area (Å²) in [6.45, 7) is 7.30. The molecule has 3 rings (SSSR count). The van der Waals surface area contributed by atoms with Crippen molar-refractivity contribution in [3.8, 4) is 0 Å². The Kier molecular flexibility index (Phi) is 4.00. The molecule has 0 aromatic carbocycles. The number of carbonyl (C=O) groups is 1. The van der Waals surface area contributed by atoms with E-state index in [9.17, 15) is 4.79 Å². The lowest BCUT2D eigenvalue weighted by Crippen LogP contribution is -2.41. The normalized spacial score (nSPS) is 18.7. The number of amides is 1. The number of imidazole rings is 1. The first-order valence-corrected chi connectivity index (χ1v) is 7.85. The molecule has 3 heterocycles. The van der Waals surface area contributed by atoms with Crippen molar-refractivity contribution in [2.75, 3.05) is 13.1 Å². The lowest BCUT2D eigenvalue weighted by Gasteiger charge is -2.34. The number of aromatic nitrogens is 3. The quantitative estimate of drug-likeness (QED) is 0.874. The second kappa shape index (κ2) is 5.94. The van der Waals surface area contributed by atoms with Crippen LogP contribution in [0.1, 0.15) is 53.4 Å². The largest absolute Gasteiger partial charge is 0.361 e. The fourth-order valence-electron chi connectivity index (χ4n) is 3.23. The van der Waals surface area contributed by atoms with Crippen LogP contribution in [0.5, 0.6) is 0 Å². The van der Waals surface area contributed by atoms with Crippen LogP contribution >= 0.6 is 0 Å². The van der Waals surface area contributed by atoms with Crippen molar-refractivity contribution < 1.29 is 9.32 Å². The van der Waals surface area contributed by atoms with Crippen molar-refractivity contribution >= 4 is 5.91 Å². The van der Waals surface area contributed by atoms with Crippen LogP contribution in [0, 0.1) is 13.8 Å². The summed E-state index contributed by atoms with van der Waals surface area (Å²) in [7, 11) is 0. The summed E-state index contributed by atoms with van der Waals surface area (Å²) in [5.41, 5.74) is 1.40. The molecule has 1 fully saturated rings. The maximum Gasteiger partial charge on any atom is 0.259 e. The van der Waals surface area contributed by atoms with Crippen molar-refractivity contribution in [1.29, 1.82) is 0 Å². The lowest BCUT2D eigenvalue weighted by atomic mass is 10.0. The minimum atomic E-state index is 0.0399. The summed E-state index contributed by atoms with van der Waals surface area (Å²) in [4.78, 5) is 19.1. The number of carbonyl (C=O) groups excluding carboxylic acids is 1. The minimum Gasteiger partial charge on any atom is -0.361 e. The molecule has 6 heteroatoms. The average molecular weight is 302 g/mol. The zero-order valence-electron chi connectivity index (χ0n) is 13.4. The Bertz CT molecular complexity index is 673. The zero-order valence-corrected chi connectivity index (χ0v) is 13.4. The van der Waals surface area contributed by atoms with Crippen LogP contribution in [0.15, 0.2) is 16.9 Å². The number of hydrogen-bond acceptors (Lipinski definition) is 4. The highest BCUT2D eigenvalue weighted by molar-refractivity contribution is 5.96. The van der Waals surface area contributed by atoms with E-state index in [2.05, 4.69) is 14.7 Å². The predicted molar refractivity (Wildman–Crippen MR) is 81.8 cm³/mol. The molecule has 2 aromatic heterocycles. The maximum absolute atomic E-state index is 12.9. The van der Waals surface area contributed by atoms with Gasteiger partial charge in [-0.1, -0.05) is 12.1 Å². The highest BCUT2D eigenvalue weighted by Gasteiger charge is 2.29. The molecule has 118 valence electrons. The van der Waals surface area contributed by atoms with Gasteiger partial charge in [0.2, 0.25) is 0 Å². The van der Waals surface area contributed by atoms with Crippen molar-refractivity contribution in [2.24, 2.45) is 0 Å². The number of likely N-dealkylation sites (tertiary alicyclic amines) is 1. The van der Waals surface area contributed by atoms with Gasteiger partial charge in [-0.05, 0) is 33.1 Å². The topological polar surface area (TPSA) is 64.2 Å². The molecule has 2 aromatic rings. The van der Waals surface area contributed by atoms with Crippen LogP contribution < -0.4 is 0 Å². The van der Waals surface area contributed by atoms with E-state index >= 15 is 0 Å². The number of rotatable bonds is 3. The van der Waals surface area contributed by atoms with E-state index in [-0.39, 0.29) is 5.91 Å². The molecule has 0 bridgehead atoms. The molecule has 0 saturated carbocycles. The predicted octanol–water partition coefficient (Wildman–Crippen LogP) is 2.53. The molecule has 0 spiro atoms. The maximum atomic E-state index is 12.9. The monoisotopic (exact) mass is 302 g/mol. The number of aryl methyl sites for hydroxylation is 3. The molecule has 0 aliphatic carbocycles. The van der Waals surface area contributed by atoms with Crippen molar-refractivity contribution in [1.82, 2.24) is 19.6 Å². The molecule has 6 nitrogen and oxygen atoms in total. The average Bonchev–Trinajstić information content (AvgIpc) is 3.12. The summed E-state index contributed by atoms with van der Waals surface area (Å²) >= 11 is 0. The van der Waals surface area contributed by atoms with Gasteiger partial charge < -0.3 is 14.0 Å². The van der Waals surface area contributed by atoms with E-state index in [4.69, 9.17) is 4.52 Å². The van der Waals surface area contributed by atoms with Gasteiger partial charge in [0.15, 0.2) is 0 Å². The molecule has 0 unspecified atom stereocenters. The minimum absolute atomic E-state index is 0.0399. The van der Waals surface area contributed by atoms with Crippen molar-refractivity contribution in [2.45, 2.75) is 46.1 Å². The highest BCUT2D eigenvalue weighted by atomic mass is 16.5. The van der Waals surface area contributed by atoms with Gasteiger partial charge in [-0.3, -0.25) is 4.79 Å². The van der Waals surface area contributed by atoms with E-state index in [1.165, 1.54) is 0 Å². The number of hydrogen-bond donors (Lipinski definition) is 0. The summed E-state index contributed by atoms with van der Waals surface area (Å²) < 4.78 is 7.37. The van der Waals surface area contributed by atoms with Gasteiger partial charge in [0.1, 0.15) is 17.1 Å². The third-order valence-electron chi connectivity index (χ3n) is 4.42. The fraction of sp³-hybridized carbons (Fsp3) is 0.562. The Morgan fingerprint density at radius 2 is 2.27 bits per heavy atom. The van der Waals surface area contributed by atoms with E-state index in [1.54, 1.807) is 6.92 Å². The van der Waals surface area contributed by atoms with Crippen LogP contribution in [-0.4, -0.2) is 38.6 Å². The van der Waals surface area contributed by atoms with E-state index in [0.29, 0.717) is 30.3 Å². The van der Waals surface area contributed by atoms with Gasteiger partial charge in [-0.15, -0.1) is 0 Å². The Morgan fingerprint density at radius 3 is 2.95 bits per heavy atom. The van der Waals surface area contributed by atoms with Gasteiger partial charge >= 0.3 is 0 Å². The van der Waals surface area contributed by atoms with E-state index < -0.39 is 0 Å². The summed E-state index contributed by atoms with van der Waals surface area (Å²) in [6, 6.07) is 0.297. The number of piperidine rings is 1. The molecule has 0 N–H and O–H groups in total. The Hall–Kier alpha value is -2.11. The van der Waals surface area contributed by atoms with Gasteiger partial charge in [0, 0.05) is 25.5 Å². The summed E-state index contributed by atoms with van der Waals surface area (Å²) in [5.74, 6) is 1.65. The van der Waals surface area contributed by atoms with Crippen LogP contribution in [0.2, 0.25) is 0 Å². The standard InChI is InChI=1S/C16H22N4O2/c1-4-14-15(11(2)22-18-14)16(21)19-8-5-6-13(10-19)20-9-7-17-12(20)3/h7,9,13H,4-6,8,10H2,1-3H3/t13-/m1/s1. The molecular formula is C16H22N4O2. The first kappa shape index (κ1) is 14.8. The molecule has 1 saturated heterocycles. The van der Waals surface area contributed by atoms with Crippen LogP contribution in [0.25, 0.3) is 0 Å². The second-order valence-corrected chi connectivity index (χ2v) is 5.84. The van der Waals surface area contributed by atoms with Crippen LogP contribution in [0.4, 0.5) is 0 Å². The summed E-state index contributed by atoms with van der Waals surface area (Å²) in [5, 5.41) is 4.00. The molecule has 1 atom stereocenters. The first-order valence-electron chi connectivity index (χ1n) is 7.85.